The van der Waals surface area contributed by atoms with E-state index in [1.54, 1.807) is 0 Å². The summed E-state index contributed by atoms with van der Waals surface area (Å²) in [7, 11) is 0. The molecule has 2 bridgehead atoms. The minimum Gasteiger partial charge on any atom is -0.409 e. The lowest BCUT2D eigenvalue weighted by atomic mass is 9.87. The highest BCUT2D eigenvalue weighted by molar-refractivity contribution is 5.82. The van der Waals surface area contributed by atoms with Crippen LogP contribution in [-0.2, 0) is 4.79 Å². The molecule has 3 N–H and O–H groups in total. The summed E-state index contributed by atoms with van der Waals surface area (Å²) in [6, 6.07) is 0. The normalized spacial score (nSPS) is 29.1. The monoisotopic (exact) mass is 281 g/mol. The van der Waals surface area contributed by atoms with Crippen LogP contribution in [0.5, 0.6) is 0 Å². The SMILES string of the molecule is CC(C)CN(CCC(N)=NO)C(=O)C1CC2CCC1C2. The molecule has 3 atom stereocenters. The number of carbonyl (C=O) groups excluding carboxylic acids is 1. The maximum Gasteiger partial charge on any atom is 0.225 e. The molecule has 2 saturated carbocycles. The molecule has 2 aliphatic rings. The van der Waals surface area contributed by atoms with Gasteiger partial charge in [-0.2, -0.15) is 0 Å². The summed E-state index contributed by atoms with van der Waals surface area (Å²) in [4.78, 5) is 14.7. The molecule has 114 valence electrons. The summed E-state index contributed by atoms with van der Waals surface area (Å²) < 4.78 is 0. The molecule has 0 aromatic heterocycles. The fraction of sp³-hybridized carbons (Fsp3) is 0.867. The molecule has 0 aliphatic heterocycles. The molecule has 0 spiro atoms. The third kappa shape index (κ3) is 3.44. The first-order chi connectivity index (χ1) is 9.51. The molecule has 0 saturated heterocycles. The summed E-state index contributed by atoms with van der Waals surface area (Å²) in [5.74, 6) is 2.52. The molecule has 0 aromatic rings. The molecule has 20 heavy (non-hydrogen) atoms. The summed E-state index contributed by atoms with van der Waals surface area (Å²) in [5, 5.41) is 11.6. The van der Waals surface area contributed by atoms with Gasteiger partial charge in [-0.1, -0.05) is 25.4 Å². The zero-order valence-electron chi connectivity index (χ0n) is 12.6. The van der Waals surface area contributed by atoms with E-state index in [1.807, 2.05) is 4.90 Å². The lowest BCUT2D eigenvalue weighted by molar-refractivity contribution is -0.137. The van der Waals surface area contributed by atoms with Gasteiger partial charge < -0.3 is 15.8 Å². The van der Waals surface area contributed by atoms with Crippen LogP contribution in [0.25, 0.3) is 0 Å². The van der Waals surface area contributed by atoms with Crippen molar-refractivity contribution >= 4 is 11.7 Å². The maximum absolute atomic E-state index is 12.8. The van der Waals surface area contributed by atoms with Gasteiger partial charge in [-0.05, 0) is 37.0 Å². The number of amidine groups is 1. The van der Waals surface area contributed by atoms with E-state index in [0.717, 1.165) is 18.9 Å². The van der Waals surface area contributed by atoms with Crippen molar-refractivity contribution in [3.8, 4) is 0 Å². The Morgan fingerprint density at radius 1 is 1.40 bits per heavy atom. The topological polar surface area (TPSA) is 78.9 Å². The first kappa shape index (κ1) is 15.1. The largest absolute Gasteiger partial charge is 0.409 e. The predicted molar refractivity (Wildman–Crippen MR) is 78.4 cm³/mol. The van der Waals surface area contributed by atoms with E-state index >= 15 is 0 Å². The molecule has 2 rings (SSSR count). The van der Waals surface area contributed by atoms with Crippen LogP contribution in [0.4, 0.5) is 0 Å². The van der Waals surface area contributed by atoms with E-state index in [1.165, 1.54) is 19.3 Å². The van der Waals surface area contributed by atoms with Crippen molar-refractivity contribution in [2.75, 3.05) is 13.1 Å². The molecule has 3 unspecified atom stereocenters. The molecule has 0 radical (unpaired) electrons. The second kappa shape index (κ2) is 6.46. The summed E-state index contributed by atoms with van der Waals surface area (Å²) in [5.41, 5.74) is 5.53. The summed E-state index contributed by atoms with van der Waals surface area (Å²) >= 11 is 0. The van der Waals surface area contributed by atoms with Gasteiger partial charge in [0.05, 0.1) is 0 Å². The zero-order valence-corrected chi connectivity index (χ0v) is 12.6. The molecule has 1 amide bonds. The van der Waals surface area contributed by atoms with E-state index in [0.29, 0.717) is 24.8 Å². The van der Waals surface area contributed by atoms with Gasteiger partial charge in [-0.25, -0.2) is 0 Å². The van der Waals surface area contributed by atoms with Gasteiger partial charge in [0.2, 0.25) is 5.91 Å². The van der Waals surface area contributed by atoms with Gasteiger partial charge >= 0.3 is 0 Å². The highest BCUT2D eigenvalue weighted by Gasteiger charge is 2.44. The standard InChI is InChI=1S/C15H27N3O2/c1-10(2)9-18(6-5-14(16)17-20)15(19)13-8-11-3-4-12(13)7-11/h10-13,20H,3-9H2,1-2H3,(H2,16,17). The average molecular weight is 281 g/mol. The number of hydrogen-bond donors (Lipinski definition) is 2. The minimum absolute atomic E-state index is 0.194. The Balaban J connectivity index is 1.96. The highest BCUT2D eigenvalue weighted by Crippen LogP contribution is 2.48. The number of nitrogens with zero attached hydrogens (tertiary/aromatic N) is 2. The van der Waals surface area contributed by atoms with Crippen LogP contribution >= 0.6 is 0 Å². The van der Waals surface area contributed by atoms with Crippen molar-refractivity contribution in [1.29, 1.82) is 0 Å². The molecule has 0 aromatic carbocycles. The Kier molecular flexibility index (Phi) is 4.89. The Labute approximate surface area is 121 Å². The van der Waals surface area contributed by atoms with Gasteiger partial charge in [0.25, 0.3) is 0 Å². The molecule has 5 nitrogen and oxygen atoms in total. The molecular weight excluding hydrogens is 254 g/mol. The number of amides is 1. The van der Waals surface area contributed by atoms with Gasteiger partial charge in [-0.15, -0.1) is 0 Å². The second-order valence-corrected chi connectivity index (χ2v) is 6.80. The van der Waals surface area contributed by atoms with Crippen molar-refractivity contribution in [2.24, 2.45) is 34.6 Å². The lowest BCUT2D eigenvalue weighted by Gasteiger charge is -2.30. The predicted octanol–water partition coefficient (Wildman–Crippen LogP) is 2.04. The Hall–Kier alpha value is -1.26. The number of carbonyl (C=O) groups is 1. The van der Waals surface area contributed by atoms with Crippen LogP contribution in [0.1, 0.15) is 46.0 Å². The van der Waals surface area contributed by atoms with Crippen LogP contribution in [0.2, 0.25) is 0 Å². The molecule has 2 fully saturated rings. The number of oxime groups is 1. The third-order valence-corrected chi connectivity index (χ3v) is 4.72. The number of nitrogens with two attached hydrogens (primary N) is 1. The van der Waals surface area contributed by atoms with Crippen LogP contribution in [0.3, 0.4) is 0 Å². The van der Waals surface area contributed by atoms with E-state index < -0.39 is 0 Å². The number of hydrogen-bond acceptors (Lipinski definition) is 3. The van der Waals surface area contributed by atoms with Crippen LogP contribution in [-0.4, -0.2) is 34.9 Å². The fourth-order valence-electron chi connectivity index (χ4n) is 3.81. The highest BCUT2D eigenvalue weighted by atomic mass is 16.4. The summed E-state index contributed by atoms with van der Waals surface area (Å²) in [6.45, 7) is 5.54. The number of fused-ring (bicyclic) bond motifs is 2. The Morgan fingerprint density at radius 2 is 2.15 bits per heavy atom. The van der Waals surface area contributed by atoms with Crippen LogP contribution in [0, 0.1) is 23.7 Å². The van der Waals surface area contributed by atoms with Crippen molar-refractivity contribution in [1.82, 2.24) is 4.90 Å². The van der Waals surface area contributed by atoms with Gasteiger partial charge in [0.15, 0.2) is 0 Å². The first-order valence-electron chi connectivity index (χ1n) is 7.76. The van der Waals surface area contributed by atoms with Crippen molar-refractivity contribution < 1.29 is 10.0 Å². The maximum atomic E-state index is 12.8. The Morgan fingerprint density at radius 3 is 2.65 bits per heavy atom. The minimum atomic E-state index is 0.194. The van der Waals surface area contributed by atoms with Gasteiger partial charge in [-0.3, -0.25) is 4.79 Å². The van der Waals surface area contributed by atoms with Crippen molar-refractivity contribution in [3.63, 3.8) is 0 Å². The molecule has 0 heterocycles. The molecule has 2 aliphatic carbocycles. The van der Waals surface area contributed by atoms with Crippen LogP contribution < -0.4 is 5.73 Å². The van der Waals surface area contributed by atoms with Gasteiger partial charge in [0.1, 0.15) is 5.84 Å². The van der Waals surface area contributed by atoms with E-state index in [-0.39, 0.29) is 17.7 Å². The van der Waals surface area contributed by atoms with Crippen molar-refractivity contribution in [3.05, 3.63) is 0 Å². The Bertz CT molecular complexity index is 381. The molecule has 5 heteroatoms. The third-order valence-electron chi connectivity index (χ3n) is 4.72. The van der Waals surface area contributed by atoms with Gasteiger partial charge in [0, 0.05) is 25.4 Å². The fourth-order valence-corrected chi connectivity index (χ4v) is 3.81. The van der Waals surface area contributed by atoms with E-state index in [9.17, 15) is 4.79 Å². The quantitative estimate of drug-likeness (QED) is 0.338. The van der Waals surface area contributed by atoms with Crippen LogP contribution in [0.15, 0.2) is 5.16 Å². The smallest absolute Gasteiger partial charge is 0.225 e. The van der Waals surface area contributed by atoms with Crippen molar-refractivity contribution in [2.45, 2.75) is 46.0 Å². The first-order valence-corrected chi connectivity index (χ1v) is 7.76. The van der Waals surface area contributed by atoms with E-state index in [2.05, 4.69) is 19.0 Å². The second-order valence-electron chi connectivity index (χ2n) is 6.80. The van der Waals surface area contributed by atoms with E-state index in [4.69, 9.17) is 10.9 Å². The summed E-state index contributed by atoms with van der Waals surface area (Å²) in [6.07, 6.45) is 5.28. The number of rotatable bonds is 6. The molecular formula is C15H27N3O2. The average Bonchev–Trinajstić information content (AvgIpc) is 3.04. The zero-order chi connectivity index (χ0) is 14.7. The lowest BCUT2D eigenvalue weighted by Crippen LogP contribution is -2.41.